The van der Waals surface area contributed by atoms with Gasteiger partial charge in [0.2, 0.25) is 5.89 Å². The Morgan fingerprint density at radius 2 is 1.85 bits per heavy atom. The molecular weight excluding hydrogens is 332 g/mol. The number of rotatable bonds is 7. The van der Waals surface area contributed by atoms with Crippen LogP contribution >= 0.6 is 0 Å². The third-order valence-corrected chi connectivity index (χ3v) is 3.50. The smallest absolute Gasteiger partial charge is 0.312 e. The second kappa shape index (κ2) is 8.49. The van der Waals surface area contributed by atoms with E-state index in [0.717, 1.165) is 5.56 Å². The van der Waals surface area contributed by atoms with Crippen LogP contribution in [0.2, 0.25) is 0 Å². The molecule has 2 aromatic carbocycles. The van der Waals surface area contributed by atoms with Gasteiger partial charge in [0, 0.05) is 5.56 Å². The van der Waals surface area contributed by atoms with Crippen molar-refractivity contribution in [3.8, 4) is 23.3 Å². The van der Waals surface area contributed by atoms with Crippen molar-refractivity contribution in [2.45, 2.75) is 6.42 Å². The molecule has 0 aliphatic rings. The van der Waals surface area contributed by atoms with E-state index in [1.54, 1.807) is 24.3 Å². The number of ether oxygens (including phenoxy) is 2. The van der Waals surface area contributed by atoms with E-state index in [2.05, 4.69) is 4.98 Å². The predicted octanol–water partition coefficient (Wildman–Crippen LogP) is 3.38. The molecule has 6 nitrogen and oxygen atoms in total. The summed E-state index contributed by atoms with van der Waals surface area (Å²) in [7, 11) is 0. The summed E-state index contributed by atoms with van der Waals surface area (Å²) in [4.78, 5) is 16.1. The Balaban J connectivity index is 1.41. The Morgan fingerprint density at radius 1 is 1.08 bits per heavy atom. The van der Waals surface area contributed by atoms with Crippen molar-refractivity contribution in [3.05, 3.63) is 72.1 Å². The molecule has 3 aromatic rings. The largest absolute Gasteiger partial charge is 0.490 e. The van der Waals surface area contributed by atoms with Gasteiger partial charge in [-0.1, -0.05) is 18.2 Å². The fourth-order valence-corrected chi connectivity index (χ4v) is 2.24. The van der Waals surface area contributed by atoms with E-state index in [-0.39, 0.29) is 19.6 Å². The fraction of sp³-hybridized carbons (Fsp3) is 0.150. The van der Waals surface area contributed by atoms with Crippen molar-refractivity contribution in [1.82, 2.24) is 4.98 Å². The summed E-state index contributed by atoms with van der Waals surface area (Å²) in [5.41, 5.74) is 1.93. The summed E-state index contributed by atoms with van der Waals surface area (Å²) in [6, 6.07) is 18.2. The van der Waals surface area contributed by atoms with E-state index in [1.165, 1.54) is 6.26 Å². The summed E-state index contributed by atoms with van der Waals surface area (Å²) < 4.78 is 16.0. The van der Waals surface area contributed by atoms with Crippen LogP contribution in [0.5, 0.6) is 5.75 Å². The molecular formula is C20H16N2O4. The molecule has 0 spiro atoms. The molecule has 3 rings (SSSR count). The van der Waals surface area contributed by atoms with Crippen LogP contribution in [-0.4, -0.2) is 24.2 Å². The lowest BCUT2D eigenvalue weighted by Crippen LogP contribution is -2.14. The topological polar surface area (TPSA) is 85.4 Å². The summed E-state index contributed by atoms with van der Waals surface area (Å²) in [5, 5.41) is 8.73. The zero-order valence-electron chi connectivity index (χ0n) is 13.9. The van der Waals surface area contributed by atoms with Gasteiger partial charge < -0.3 is 13.9 Å². The van der Waals surface area contributed by atoms with Crippen molar-refractivity contribution in [3.63, 3.8) is 0 Å². The number of carbonyl (C=O) groups excluding carboxylic acids is 1. The highest BCUT2D eigenvalue weighted by atomic mass is 16.6. The van der Waals surface area contributed by atoms with Gasteiger partial charge in [-0.15, -0.1) is 0 Å². The maximum Gasteiger partial charge on any atom is 0.312 e. The van der Waals surface area contributed by atoms with E-state index in [1.807, 2.05) is 36.4 Å². The Hall–Kier alpha value is -3.59. The van der Waals surface area contributed by atoms with Gasteiger partial charge >= 0.3 is 5.97 Å². The average Bonchev–Trinajstić information content (AvgIpc) is 3.15. The van der Waals surface area contributed by atoms with Gasteiger partial charge in [0.05, 0.1) is 23.7 Å². The van der Waals surface area contributed by atoms with Crippen molar-refractivity contribution >= 4 is 5.97 Å². The minimum absolute atomic E-state index is 0.0349. The van der Waals surface area contributed by atoms with Crippen molar-refractivity contribution in [2.24, 2.45) is 0 Å². The third kappa shape index (κ3) is 4.71. The molecule has 1 aromatic heterocycles. The quantitative estimate of drug-likeness (QED) is 0.481. The molecule has 0 aliphatic heterocycles. The minimum atomic E-state index is -0.402. The first-order valence-electron chi connectivity index (χ1n) is 8.03. The molecule has 0 amide bonds. The number of esters is 1. The van der Waals surface area contributed by atoms with Gasteiger partial charge in [0.1, 0.15) is 25.2 Å². The second-order valence-electron chi connectivity index (χ2n) is 5.39. The Bertz CT molecular complexity index is 896. The second-order valence-corrected chi connectivity index (χ2v) is 5.39. The standard InChI is InChI=1S/C20H16N2O4/c21-13-15-6-8-18(9-7-15)24-10-11-25-19(23)12-17-14-26-20(22-17)16-4-2-1-3-5-16/h1-9,14H,10-12H2. The van der Waals surface area contributed by atoms with Crippen molar-refractivity contribution in [2.75, 3.05) is 13.2 Å². The number of aromatic nitrogens is 1. The van der Waals surface area contributed by atoms with Crippen LogP contribution in [-0.2, 0) is 16.0 Å². The normalized spacial score (nSPS) is 10.1. The maximum absolute atomic E-state index is 11.9. The number of oxazole rings is 1. The average molecular weight is 348 g/mol. The maximum atomic E-state index is 11.9. The van der Waals surface area contributed by atoms with Crippen LogP contribution in [0.15, 0.2) is 65.3 Å². The first-order chi connectivity index (χ1) is 12.7. The highest BCUT2D eigenvalue weighted by Gasteiger charge is 2.11. The molecule has 0 radical (unpaired) electrons. The van der Waals surface area contributed by atoms with Crippen LogP contribution in [0.1, 0.15) is 11.3 Å². The van der Waals surface area contributed by atoms with E-state index < -0.39 is 5.97 Å². The number of carbonyl (C=O) groups is 1. The first-order valence-corrected chi connectivity index (χ1v) is 8.03. The van der Waals surface area contributed by atoms with Crippen LogP contribution in [0.3, 0.4) is 0 Å². The zero-order valence-corrected chi connectivity index (χ0v) is 13.9. The molecule has 0 fully saturated rings. The van der Waals surface area contributed by atoms with Crippen molar-refractivity contribution in [1.29, 1.82) is 5.26 Å². The van der Waals surface area contributed by atoms with E-state index >= 15 is 0 Å². The third-order valence-electron chi connectivity index (χ3n) is 3.50. The van der Waals surface area contributed by atoms with Crippen LogP contribution < -0.4 is 4.74 Å². The van der Waals surface area contributed by atoms with Gasteiger partial charge in [-0.25, -0.2) is 4.98 Å². The molecule has 0 saturated heterocycles. The number of benzene rings is 2. The lowest BCUT2D eigenvalue weighted by molar-refractivity contribution is -0.143. The Kier molecular flexibility index (Phi) is 5.63. The fourth-order valence-electron chi connectivity index (χ4n) is 2.24. The summed E-state index contributed by atoms with van der Waals surface area (Å²) in [5.74, 6) is 0.683. The molecule has 130 valence electrons. The van der Waals surface area contributed by atoms with Gasteiger partial charge in [0.25, 0.3) is 0 Å². The minimum Gasteiger partial charge on any atom is -0.490 e. The molecule has 26 heavy (non-hydrogen) atoms. The van der Waals surface area contributed by atoms with Gasteiger partial charge in [0.15, 0.2) is 0 Å². The first kappa shape index (κ1) is 17.2. The van der Waals surface area contributed by atoms with Gasteiger partial charge in [-0.3, -0.25) is 4.79 Å². The van der Waals surface area contributed by atoms with Gasteiger partial charge in [-0.05, 0) is 36.4 Å². The molecule has 0 unspecified atom stereocenters. The van der Waals surface area contributed by atoms with Crippen LogP contribution in [0, 0.1) is 11.3 Å². The number of nitrogens with zero attached hydrogens (tertiary/aromatic N) is 2. The molecule has 6 heteroatoms. The highest BCUT2D eigenvalue weighted by molar-refractivity contribution is 5.72. The van der Waals surface area contributed by atoms with E-state index in [0.29, 0.717) is 22.9 Å². The SMILES string of the molecule is N#Cc1ccc(OCCOC(=O)Cc2coc(-c3ccccc3)n2)cc1. The number of hydrogen-bond donors (Lipinski definition) is 0. The van der Waals surface area contributed by atoms with Crippen molar-refractivity contribution < 1.29 is 18.7 Å². The molecule has 0 N–H and O–H groups in total. The number of nitriles is 1. The molecule has 0 atom stereocenters. The van der Waals surface area contributed by atoms with Crippen LogP contribution in [0.25, 0.3) is 11.5 Å². The molecule has 0 bridgehead atoms. The lowest BCUT2D eigenvalue weighted by Gasteiger charge is -2.06. The van der Waals surface area contributed by atoms with Gasteiger partial charge in [-0.2, -0.15) is 5.26 Å². The highest BCUT2D eigenvalue weighted by Crippen LogP contribution is 2.18. The molecule has 1 heterocycles. The Labute approximate surface area is 150 Å². The van der Waals surface area contributed by atoms with E-state index in [9.17, 15) is 4.79 Å². The zero-order chi connectivity index (χ0) is 18.2. The van der Waals surface area contributed by atoms with Crippen LogP contribution in [0.4, 0.5) is 0 Å². The molecule has 0 saturated carbocycles. The summed E-state index contributed by atoms with van der Waals surface area (Å²) in [6.07, 6.45) is 1.49. The summed E-state index contributed by atoms with van der Waals surface area (Å²) >= 11 is 0. The lowest BCUT2D eigenvalue weighted by atomic mass is 10.2. The predicted molar refractivity (Wildman–Crippen MR) is 93.3 cm³/mol. The monoisotopic (exact) mass is 348 g/mol. The summed E-state index contributed by atoms with van der Waals surface area (Å²) in [6.45, 7) is 0.355. The molecule has 0 aliphatic carbocycles. The number of hydrogen-bond acceptors (Lipinski definition) is 6. The Morgan fingerprint density at radius 3 is 2.58 bits per heavy atom. The van der Waals surface area contributed by atoms with E-state index in [4.69, 9.17) is 19.2 Å².